The molecule has 0 unspecified atom stereocenters. The Morgan fingerprint density at radius 2 is 1.96 bits per heavy atom. The lowest BCUT2D eigenvalue weighted by Gasteiger charge is -2.07. The second kappa shape index (κ2) is 7.24. The van der Waals surface area contributed by atoms with Gasteiger partial charge in [-0.25, -0.2) is 8.42 Å². The molecule has 2 aromatic rings. The Balaban J connectivity index is 1.90. The summed E-state index contributed by atoms with van der Waals surface area (Å²) in [5, 5.41) is 3.58. The number of benzene rings is 1. The van der Waals surface area contributed by atoms with Crippen LogP contribution in [0.25, 0.3) is 0 Å². The Morgan fingerprint density at radius 3 is 2.52 bits per heavy atom. The van der Waals surface area contributed by atoms with E-state index in [4.69, 9.17) is 9.26 Å². The number of sulfonamides is 1. The summed E-state index contributed by atoms with van der Waals surface area (Å²) >= 11 is 3.31. The van der Waals surface area contributed by atoms with Crippen LogP contribution in [0.3, 0.4) is 0 Å². The molecule has 2 rings (SSSR count). The number of aryl methyl sites for hydroxylation is 2. The van der Waals surface area contributed by atoms with Crippen LogP contribution >= 0.6 is 15.9 Å². The molecule has 0 bridgehead atoms. The van der Waals surface area contributed by atoms with Crippen molar-refractivity contribution < 1.29 is 22.5 Å². The SMILES string of the molecule is Cc1noc(C)c1S(=O)(=O)NCC(=O)OCc1ccc(Br)cc1. The number of carbonyl (C=O) groups is 1. The second-order valence-corrected chi connectivity index (χ2v) is 7.38. The molecule has 0 saturated heterocycles. The summed E-state index contributed by atoms with van der Waals surface area (Å²) < 4.78 is 37.2. The molecule has 0 amide bonds. The average molecular weight is 403 g/mol. The highest BCUT2D eigenvalue weighted by Gasteiger charge is 2.24. The minimum Gasteiger partial charge on any atom is -0.460 e. The molecular weight excluding hydrogens is 388 g/mol. The predicted molar refractivity (Wildman–Crippen MR) is 85.1 cm³/mol. The molecule has 0 saturated carbocycles. The third-order valence-electron chi connectivity index (χ3n) is 2.96. The van der Waals surface area contributed by atoms with Crippen molar-refractivity contribution in [1.29, 1.82) is 0 Å². The van der Waals surface area contributed by atoms with E-state index in [0.717, 1.165) is 10.0 Å². The van der Waals surface area contributed by atoms with Crippen molar-refractivity contribution in [3.63, 3.8) is 0 Å². The van der Waals surface area contributed by atoms with Gasteiger partial charge in [-0.2, -0.15) is 4.72 Å². The second-order valence-electron chi connectivity index (χ2n) is 4.76. The van der Waals surface area contributed by atoms with E-state index < -0.39 is 22.5 Å². The smallest absolute Gasteiger partial charge is 0.321 e. The molecule has 0 aliphatic heterocycles. The predicted octanol–water partition coefficient (Wildman–Crippen LogP) is 2.08. The van der Waals surface area contributed by atoms with E-state index in [2.05, 4.69) is 25.8 Å². The van der Waals surface area contributed by atoms with Crippen molar-refractivity contribution in [2.24, 2.45) is 0 Å². The number of hydrogen-bond donors (Lipinski definition) is 1. The van der Waals surface area contributed by atoms with Crippen LogP contribution in [0.1, 0.15) is 17.0 Å². The number of halogens is 1. The van der Waals surface area contributed by atoms with E-state index in [0.29, 0.717) is 0 Å². The molecular formula is C14H15BrN2O5S. The summed E-state index contributed by atoms with van der Waals surface area (Å²) in [6.45, 7) is 2.60. The number of nitrogens with zero attached hydrogens (tertiary/aromatic N) is 1. The van der Waals surface area contributed by atoms with E-state index in [1.165, 1.54) is 13.8 Å². The highest BCUT2D eigenvalue weighted by atomic mass is 79.9. The van der Waals surface area contributed by atoms with Crippen LogP contribution in [-0.4, -0.2) is 26.1 Å². The lowest BCUT2D eigenvalue weighted by atomic mass is 10.2. The van der Waals surface area contributed by atoms with Gasteiger partial charge in [0.1, 0.15) is 23.7 Å². The van der Waals surface area contributed by atoms with Gasteiger partial charge >= 0.3 is 5.97 Å². The molecule has 0 radical (unpaired) electrons. The minimum absolute atomic E-state index is 0.0572. The number of rotatable bonds is 6. The quantitative estimate of drug-likeness (QED) is 0.742. The van der Waals surface area contributed by atoms with Gasteiger partial charge in [-0.3, -0.25) is 4.79 Å². The lowest BCUT2D eigenvalue weighted by molar-refractivity contribution is -0.143. The minimum atomic E-state index is -3.88. The molecule has 0 atom stereocenters. The van der Waals surface area contributed by atoms with E-state index in [1.807, 2.05) is 12.1 Å². The Labute approximate surface area is 142 Å². The summed E-state index contributed by atoms with van der Waals surface area (Å²) in [6.07, 6.45) is 0. The van der Waals surface area contributed by atoms with Crippen LogP contribution in [-0.2, 0) is 26.2 Å². The Morgan fingerprint density at radius 1 is 1.30 bits per heavy atom. The summed E-state index contributed by atoms with van der Waals surface area (Å²) in [5.74, 6) is -0.513. The van der Waals surface area contributed by atoms with Gasteiger partial charge < -0.3 is 9.26 Å². The van der Waals surface area contributed by atoms with E-state index >= 15 is 0 Å². The number of hydrogen-bond acceptors (Lipinski definition) is 6. The monoisotopic (exact) mass is 402 g/mol. The van der Waals surface area contributed by atoms with E-state index in [9.17, 15) is 13.2 Å². The van der Waals surface area contributed by atoms with Crippen molar-refractivity contribution in [1.82, 2.24) is 9.88 Å². The highest BCUT2D eigenvalue weighted by Crippen LogP contribution is 2.18. The summed E-state index contributed by atoms with van der Waals surface area (Å²) in [6, 6.07) is 7.24. The first-order valence-electron chi connectivity index (χ1n) is 6.62. The van der Waals surface area contributed by atoms with E-state index in [-0.39, 0.29) is 23.0 Å². The van der Waals surface area contributed by atoms with Gasteiger partial charge in [0.05, 0.1) is 0 Å². The topological polar surface area (TPSA) is 98.5 Å². The largest absolute Gasteiger partial charge is 0.460 e. The van der Waals surface area contributed by atoms with Crippen molar-refractivity contribution in [3.8, 4) is 0 Å². The van der Waals surface area contributed by atoms with Crippen LogP contribution in [0.5, 0.6) is 0 Å². The molecule has 0 aliphatic carbocycles. The fourth-order valence-electron chi connectivity index (χ4n) is 1.88. The first-order valence-corrected chi connectivity index (χ1v) is 8.90. The van der Waals surface area contributed by atoms with Crippen LogP contribution in [0, 0.1) is 13.8 Å². The molecule has 1 aromatic heterocycles. The van der Waals surface area contributed by atoms with Gasteiger partial charge in [0.15, 0.2) is 5.76 Å². The molecule has 1 N–H and O–H groups in total. The number of esters is 1. The van der Waals surface area contributed by atoms with Gasteiger partial charge in [0, 0.05) is 4.47 Å². The molecule has 1 heterocycles. The Kier molecular flexibility index (Phi) is 5.55. The van der Waals surface area contributed by atoms with E-state index in [1.54, 1.807) is 12.1 Å². The fourth-order valence-corrected chi connectivity index (χ4v) is 3.44. The zero-order valence-corrected chi connectivity index (χ0v) is 14.9. The normalized spacial score (nSPS) is 11.4. The summed E-state index contributed by atoms with van der Waals surface area (Å²) in [7, 11) is -3.88. The van der Waals surface area contributed by atoms with Gasteiger partial charge in [0.25, 0.3) is 0 Å². The fraction of sp³-hybridized carbons (Fsp3) is 0.286. The average Bonchev–Trinajstić information content (AvgIpc) is 2.84. The maximum absolute atomic E-state index is 12.1. The van der Waals surface area contributed by atoms with Crippen LogP contribution < -0.4 is 4.72 Å². The molecule has 0 aliphatic rings. The van der Waals surface area contributed by atoms with Crippen molar-refractivity contribution in [3.05, 3.63) is 45.8 Å². The number of carbonyl (C=O) groups excluding carboxylic acids is 1. The zero-order chi connectivity index (χ0) is 17.0. The molecule has 0 spiro atoms. The molecule has 124 valence electrons. The molecule has 9 heteroatoms. The van der Waals surface area contributed by atoms with Crippen molar-refractivity contribution in [2.45, 2.75) is 25.3 Å². The van der Waals surface area contributed by atoms with Crippen LogP contribution in [0.15, 0.2) is 38.2 Å². The third-order valence-corrected chi connectivity index (χ3v) is 5.13. The van der Waals surface area contributed by atoms with Crippen molar-refractivity contribution >= 4 is 31.9 Å². The first-order chi connectivity index (χ1) is 10.8. The standard InChI is InChI=1S/C14H15BrN2O5S/c1-9-14(10(2)22-17-9)23(19,20)16-7-13(18)21-8-11-3-5-12(15)6-4-11/h3-6,16H,7-8H2,1-2H3. The number of aromatic nitrogens is 1. The lowest BCUT2D eigenvalue weighted by Crippen LogP contribution is -2.31. The number of nitrogens with one attached hydrogen (secondary N) is 1. The van der Waals surface area contributed by atoms with Gasteiger partial charge in [-0.05, 0) is 31.5 Å². The third kappa shape index (κ3) is 4.63. The number of ether oxygens (including phenoxy) is 1. The molecule has 23 heavy (non-hydrogen) atoms. The highest BCUT2D eigenvalue weighted by molar-refractivity contribution is 9.10. The van der Waals surface area contributed by atoms with Crippen molar-refractivity contribution in [2.75, 3.05) is 6.54 Å². The summed E-state index contributed by atoms with van der Waals surface area (Å²) in [4.78, 5) is 11.6. The van der Waals surface area contributed by atoms with Gasteiger partial charge in [-0.1, -0.05) is 33.2 Å². The summed E-state index contributed by atoms with van der Waals surface area (Å²) in [5.41, 5.74) is 1.04. The first kappa shape index (κ1) is 17.6. The maximum Gasteiger partial charge on any atom is 0.321 e. The Hall–Kier alpha value is -1.71. The zero-order valence-electron chi connectivity index (χ0n) is 12.5. The van der Waals surface area contributed by atoms with Crippen LogP contribution in [0.4, 0.5) is 0 Å². The Bertz CT molecular complexity index is 780. The van der Waals surface area contributed by atoms with Gasteiger partial charge in [-0.15, -0.1) is 0 Å². The molecule has 1 aromatic carbocycles. The molecule has 7 nitrogen and oxygen atoms in total. The van der Waals surface area contributed by atoms with Crippen LogP contribution in [0.2, 0.25) is 0 Å². The van der Waals surface area contributed by atoms with Gasteiger partial charge in [0.2, 0.25) is 10.0 Å². The maximum atomic E-state index is 12.1. The molecule has 0 fully saturated rings.